The van der Waals surface area contributed by atoms with Gasteiger partial charge in [0.25, 0.3) is 5.91 Å². The van der Waals surface area contributed by atoms with E-state index in [1.165, 1.54) is 25.3 Å². The Bertz CT molecular complexity index is 508. The number of carboxylic acids is 1. The number of aliphatic carboxylic acids is 1. The Morgan fingerprint density at radius 3 is 2.59 bits per heavy atom. The Balaban J connectivity index is 2.83. The standard InChI is InChI=1S/C15H20FNO5/c1-3-12(22-13-7-5-4-6-11(13)16)15(20)17(8-9-21-2)10-14(18)19/h4-7,12H,3,8-10H2,1-2H3,(H,18,19). The Morgan fingerprint density at radius 1 is 1.36 bits per heavy atom. The van der Waals surface area contributed by atoms with Crippen molar-refractivity contribution in [1.29, 1.82) is 0 Å². The molecule has 1 rings (SSSR count). The molecule has 1 aromatic rings. The molecule has 1 N–H and O–H groups in total. The van der Waals surface area contributed by atoms with Gasteiger partial charge in [-0.05, 0) is 18.6 Å². The molecule has 1 amide bonds. The summed E-state index contributed by atoms with van der Waals surface area (Å²) in [6.07, 6.45) is -0.663. The molecule has 0 fully saturated rings. The number of nitrogens with zero attached hydrogens (tertiary/aromatic N) is 1. The average Bonchev–Trinajstić information content (AvgIpc) is 2.49. The second-order valence-electron chi connectivity index (χ2n) is 4.59. The van der Waals surface area contributed by atoms with E-state index >= 15 is 0 Å². The lowest BCUT2D eigenvalue weighted by atomic mass is 10.2. The van der Waals surface area contributed by atoms with Crippen molar-refractivity contribution in [1.82, 2.24) is 4.90 Å². The maximum atomic E-state index is 13.6. The van der Waals surface area contributed by atoms with E-state index in [-0.39, 0.29) is 25.3 Å². The third-order valence-corrected chi connectivity index (χ3v) is 2.96. The first-order valence-electron chi connectivity index (χ1n) is 6.90. The number of halogens is 1. The van der Waals surface area contributed by atoms with Crippen LogP contribution in [0.25, 0.3) is 0 Å². The Kier molecular flexibility index (Phi) is 7.31. The highest BCUT2D eigenvalue weighted by Gasteiger charge is 2.26. The molecule has 0 saturated carbocycles. The topological polar surface area (TPSA) is 76.1 Å². The molecule has 0 bridgehead atoms. The zero-order valence-electron chi connectivity index (χ0n) is 12.6. The largest absolute Gasteiger partial charge is 0.480 e. The molecule has 1 aromatic carbocycles. The molecule has 0 heterocycles. The molecule has 0 aliphatic carbocycles. The van der Waals surface area contributed by atoms with Crippen LogP contribution in [0.5, 0.6) is 5.75 Å². The van der Waals surface area contributed by atoms with E-state index in [9.17, 15) is 14.0 Å². The fraction of sp³-hybridized carbons (Fsp3) is 0.467. The number of hydrogen-bond donors (Lipinski definition) is 1. The van der Waals surface area contributed by atoms with E-state index in [1.807, 2.05) is 0 Å². The van der Waals surface area contributed by atoms with Crippen LogP contribution in [0.15, 0.2) is 24.3 Å². The number of methoxy groups -OCH3 is 1. The van der Waals surface area contributed by atoms with Crippen molar-refractivity contribution < 1.29 is 28.6 Å². The number of carboxylic acid groups (broad SMARTS) is 1. The van der Waals surface area contributed by atoms with Crippen molar-refractivity contribution in [2.45, 2.75) is 19.4 Å². The highest BCUT2D eigenvalue weighted by Crippen LogP contribution is 2.19. The molecule has 6 nitrogen and oxygen atoms in total. The first-order valence-corrected chi connectivity index (χ1v) is 6.90. The van der Waals surface area contributed by atoms with E-state index in [1.54, 1.807) is 13.0 Å². The molecule has 0 saturated heterocycles. The lowest BCUT2D eigenvalue weighted by molar-refractivity contribution is -0.148. The molecule has 0 aliphatic heterocycles. The van der Waals surface area contributed by atoms with Crippen LogP contribution in [0.2, 0.25) is 0 Å². The zero-order chi connectivity index (χ0) is 16.5. The minimum atomic E-state index is -1.13. The van der Waals surface area contributed by atoms with Crippen LogP contribution in [-0.2, 0) is 14.3 Å². The zero-order valence-corrected chi connectivity index (χ0v) is 12.6. The average molecular weight is 313 g/mol. The number of carbonyl (C=O) groups excluding carboxylic acids is 1. The van der Waals surface area contributed by atoms with Crippen molar-refractivity contribution in [3.8, 4) is 5.75 Å². The van der Waals surface area contributed by atoms with Gasteiger partial charge < -0.3 is 19.5 Å². The van der Waals surface area contributed by atoms with Gasteiger partial charge in [-0.25, -0.2) is 4.39 Å². The lowest BCUT2D eigenvalue weighted by Crippen LogP contribution is -2.45. The summed E-state index contributed by atoms with van der Waals surface area (Å²) in [5, 5.41) is 8.88. The Labute approximate surface area is 128 Å². The van der Waals surface area contributed by atoms with Gasteiger partial charge in [-0.3, -0.25) is 9.59 Å². The van der Waals surface area contributed by atoms with Gasteiger partial charge in [0, 0.05) is 13.7 Å². The van der Waals surface area contributed by atoms with Crippen LogP contribution in [0.1, 0.15) is 13.3 Å². The summed E-state index contributed by atoms with van der Waals surface area (Å²) in [6, 6.07) is 5.75. The van der Waals surface area contributed by atoms with Gasteiger partial charge in [0.1, 0.15) is 6.54 Å². The minimum Gasteiger partial charge on any atom is -0.480 e. The van der Waals surface area contributed by atoms with E-state index < -0.39 is 30.3 Å². The van der Waals surface area contributed by atoms with Crippen LogP contribution < -0.4 is 4.74 Å². The minimum absolute atomic E-state index is 0.0373. The molecule has 0 aliphatic rings. The summed E-state index contributed by atoms with van der Waals surface area (Å²) in [5.41, 5.74) is 0. The molecule has 1 atom stereocenters. The van der Waals surface area contributed by atoms with Gasteiger partial charge >= 0.3 is 5.97 Å². The van der Waals surface area contributed by atoms with Crippen molar-refractivity contribution in [3.05, 3.63) is 30.1 Å². The van der Waals surface area contributed by atoms with Crippen LogP contribution in [-0.4, -0.2) is 54.8 Å². The van der Waals surface area contributed by atoms with Crippen molar-refractivity contribution >= 4 is 11.9 Å². The fourth-order valence-corrected chi connectivity index (χ4v) is 1.84. The lowest BCUT2D eigenvalue weighted by Gasteiger charge is -2.25. The maximum Gasteiger partial charge on any atom is 0.323 e. The number of para-hydroxylation sites is 1. The van der Waals surface area contributed by atoms with Gasteiger partial charge in [0.15, 0.2) is 17.7 Å². The third-order valence-electron chi connectivity index (χ3n) is 2.96. The molecule has 1 unspecified atom stereocenters. The number of rotatable bonds is 9. The molecule has 7 heteroatoms. The Hall–Kier alpha value is -2.15. The highest BCUT2D eigenvalue weighted by atomic mass is 19.1. The molecule has 122 valence electrons. The van der Waals surface area contributed by atoms with Crippen LogP contribution >= 0.6 is 0 Å². The number of carbonyl (C=O) groups is 2. The Morgan fingerprint density at radius 2 is 2.05 bits per heavy atom. The van der Waals surface area contributed by atoms with Gasteiger partial charge in [-0.2, -0.15) is 0 Å². The second-order valence-corrected chi connectivity index (χ2v) is 4.59. The number of hydrogen-bond acceptors (Lipinski definition) is 4. The summed E-state index contributed by atoms with van der Waals surface area (Å²) in [4.78, 5) is 24.4. The summed E-state index contributed by atoms with van der Waals surface area (Å²) in [5.74, 6) is -2.25. The molecular weight excluding hydrogens is 293 g/mol. The number of amides is 1. The normalized spacial score (nSPS) is 11.8. The van der Waals surface area contributed by atoms with Crippen LogP contribution in [0.3, 0.4) is 0 Å². The smallest absolute Gasteiger partial charge is 0.323 e. The molecular formula is C15H20FNO5. The van der Waals surface area contributed by atoms with E-state index in [0.29, 0.717) is 0 Å². The SMILES string of the molecule is CCC(Oc1ccccc1F)C(=O)N(CCOC)CC(=O)O. The molecule has 22 heavy (non-hydrogen) atoms. The summed E-state index contributed by atoms with van der Waals surface area (Å²) >= 11 is 0. The van der Waals surface area contributed by atoms with Crippen LogP contribution in [0, 0.1) is 5.82 Å². The van der Waals surface area contributed by atoms with Crippen LogP contribution in [0.4, 0.5) is 4.39 Å². The summed E-state index contributed by atoms with van der Waals surface area (Å²) in [7, 11) is 1.45. The molecule has 0 aromatic heterocycles. The highest BCUT2D eigenvalue weighted by molar-refractivity contribution is 5.84. The van der Waals surface area contributed by atoms with E-state index in [2.05, 4.69) is 0 Å². The van der Waals surface area contributed by atoms with Crippen molar-refractivity contribution in [3.63, 3.8) is 0 Å². The van der Waals surface area contributed by atoms with Crippen molar-refractivity contribution in [2.24, 2.45) is 0 Å². The van der Waals surface area contributed by atoms with Gasteiger partial charge in [-0.1, -0.05) is 19.1 Å². The number of benzene rings is 1. The first-order chi connectivity index (χ1) is 10.5. The van der Waals surface area contributed by atoms with E-state index in [4.69, 9.17) is 14.6 Å². The van der Waals surface area contributed by atoms with Gasteiger partial charge in [0.2, 0.25) is 0 Å². The van der Waals surface area contributed by atoms with Gasteiger partial charge in [-0.15, -0.1) is 0 Å². The molecule has 0 spiro atoms. The fourth-order valence-electron chi connectivity index (χ4n) is 1.84. The monoisotopic (exact) mass is 313 g/mol. The first kappa shape index (κ1) is 17.9. The van der Waals surface area contributed by atoms with Crippen molar-refractivity contribution in [2.75, 3.05) is 26.8 Å². The third kappa shape index (κ3) is 5.33. The summed E-state index contributed by atoms with van der Waals surface area (Å²) < 4.78 is 23.9. The van der Waals surface area contributed by atoms with Gasteiger partial charge in [0.05, 0.1) is 6.61 Å². The predicted octanol–water partition coefficient (Wildman–Crippen LogP) is 1.54. The second kappa shape index (κ2) is 8.99. The predicted molar refractivity (Wildman–Crippen MR) is 77.2 cm³/mol. The number of ether oxygens (including phenoxy) is 2. The quantitative estimate of drug-likeness (QED) is 0.748. The maximum absolute atomic E-state index is 13.6. The summed E-state index contributed by atoms with van der Waals surface area (Å²) in [6.45, 7) is 1.58. The van der Waals surface area contributed by atoms with E-state index in [0.717, 1.165) is 4.90 Å². The molecule has 0 radical (unpaired) electrons.